The fraction of sp³-hybridized carbons (Fsp3) is 0.400. The van der Waals surface area contributed by atoms with E-state index >= 15 is 4.39 Å². The van der Waals surface area contributed by atoms with Gasteiger partial charge in [-0.05, 0) is 74.6 Å². The maximum atomic E-state index is 16.2. The molecule has 0 spiro atoms. The van der Waals surface area contributed by atoms with Gasteiger partial charge in [-0.1, -0.05) is 42.5 Å². The molecule has 2 saturated heterocycles. The molecule has 0 bridgehead atoms. The Labute approximate surface area is 239 Å². The van der Waals surface area contributed by atoms with Crippen molar-refractivity contribution < 1.29 is 31.9 Å². The van der Waals surface area contributed by atoms with Crippen LogP contribution in [0.4, 0.5) is 14.9 Å². The first kappa shape index (κ1) is 28.7. The van der Waals surface area contributed by atoms with E-state index in [1.54, 1.807) is 23.1 Å². The van der Waals surface area contributed by atoms with Gasteiger partial charge in [0, 0.05) is 18.5 Å². The van der Waals surface area contributed by atoms with Crippen LogP contribution in [0.1, 0.15) is 44.7 Å². The fourth-order valence-electron chi connectivity index (χ4n) is 5.19. The van der Waals surface area contributed by atoms with Gasteiger partial charge in [0.2, 0.25) is 0 Å². The second-order valence-electron chi connectivity index (χ2n) is 11.5. The highest BCUT2D eigenvalue weighted by atomic mass is 32.2. The molecular weight excluding hydrogens is 549 g/mol. The Hall–Kier alpha value is -3.86. The number of benzene rings is 3. The van der Waals surface area contributed by atoms with Gasteiger partial charge >= 0.3 is 16.3 Å². The van der Waals surface area contributed by atoms with Gasteiger partial charge in [0.1, 0.15) is 30.2 Å². The van der Waals surface area contributed by atoms with Crippen LogP contribution in [0.5, 0.6) is 5.75 Å². The summed E-state index contributed by atoms with van der Waals surface area (Å²) in [7, 11) is -4.27. The molecule has 2 heterocycles. The molecule has 0 aromatic heterocycles. The molecule has 0 radical (unpaired) electrons. The zero-order chi connectivity index (χ0) is 29.4. The summed E-state index contributed by atoms with van der Waals surface area (Å²) in [5.41, 5.74) is 0.876. The zero-order valence-corrected chi connectivity index (χ0v) is 24.2. The molecule has 2 amide bonds. The van der Waals surface area contributed by atoms with Crippen LogP contribution >= 0.6 is 0 Å². The van der Waals surface area contributed by atoms with Gasteiger partial charge in [-0.15, -0.1) is 0 Å². The topological polar surface area (TPSA) is 105 Å². The van der Waals surface area contributed by atoms with Crippen LogP contribution in [0.3, 0.4) is 0 Å². The first-order chi connectivity index (χ1) is 19.4. The predicted molar refractivity (Wildman–Crippen MR) is 153 cm³/mol. The average molecular weight is 584 g/mol. The van der Waals surface area contributed by atoms with Crippen molar-refractivity contribution in [2.24, 2.45) is 5.92 Å². The van der Waals surface area contributed by atoms with Gasteiger partial charge in [0.15, 0.2) is 5.82 Å². The molecule has 2 aliphatic heterocycles. The number of piperidine rings is 1. The Bertz CT molecular complexity index is 1560. The third kappa shape index (κ3) is 6.56. The second-order valence-corrected chi connectivity index (χ2v) is 13.1. The largest absolute Gasteiger partial charge is 0.487 e. The number of rotatable bonds is 6. The smallest absolute Gasteiger partial charge is 0.410 e. The summed E-state index contributed by atoms with van der Waals surface area (Å²) in [5, 5.41) is 0.791. The van der Waals surface area contributed by atoms with E-state index < -0.39 is 34.1 Å². The molecule has 9 nitrogen and oxygen atoms in total. The quantitative estimate of drug-likeness (QED) is 0.441. The van der Waals surface area contributed by atoms with E-state index in [4.69, 9.17) is 9.47 Å². The van der Waals surface area contributed by atoms with Crippen molar-refractivity contribution in [1.82, 2.24) is 9.62 Å². The Kier molecular flexibility index (Phi) is 7.83. The van der Waals surface area contributed by atoms with Crippen molar-refractivity contribution in [1.29, 1.82) is 0 Å². The molecule has 11 heteroatoms. The van der Waals surface area contributed by atoms with Gasteiger partial charge in [-0.3, -0.25) is 4.79 Å². The summed E-state index contributed by atoms with van der Waals surface area (Å²) >= 11 is 0. The lowest BCUT2D eigenvalue weighted by Crippen LogP contribution is -2.42. The van der Waals surface area contributed by atoms with Crippen molar-refractivity contribution in [2.75, 3.05) is 23.9 Å². The van der Waals surface area contributed by atoms with Crippen LogP contribution in [-0.2, 0) is 32.8 Å². The third-order valence-electron chi connectivity index (χ3n) is 7.18. The number of amides is 2. The monoisotopic (exact) mass is 583 g/mol. The Morgan fingerprint density at radius 2 is 1.76 bits per heavy atom. The number of nitrogens with zero attached hydrogens (tertiary/aromatic N) is 2. The summed E-state index contributed by atoms with van der Waals surface area (Å²) < 4.78 is 55.7. The molecule has 3 aromatic rings. The van der Waals surface area contributed by atoms with Crippen LogP contribution in [0.15, 0.2) is 54.6 Å². The standard InChI is InChI=1S/C30H34FN3O6S/c1-30(2,3)40-29(36)33-13-11-20(12-14-33)15-22-9-10-23-17-25(39-19-21-7-5-4-6-8-21)28(27(31)24(23)16-22)34-18-26(35)32-41(34,37)38/h4-10,16-17,20H,11-15,18-19H2,1-3H3,(H,32,35). The van der Waals surface area contributed by atoms with E-state index in [2.05, 4.69) is 0 Å². The third-order valence-corrected chi connectivity index (χ3v) is 8.56. The number of fused-ring (bicyclic) bond motifs is 1. The highest BCUT2D eigenvalue weighted by molar-refractivity contribution is 7.92. The van der Waals surface area contributed by atoms with E-state index in [1.165, 1.54) is 0 Å². The summed E-state index contributed by atoms with van der Waals surface area (Å²) in [4.78, 5) is 26.1. The molecular formula is C30H34FN3O6S. The van der Waals surface area contributed by atoms with E-state index in [9.17, 15) is 18.0 Å². The number of hydrogen-bond acceptors (Lipinski definition) is 6. The normalized spacial score (nSPS) is 17.5. The Balaban J connectivity index is 1.40. The molecule has 0 aliphatic carbocycles. The summed E-state index contributed by atoms with van der Waals surface area (Å²) in [6.07, 6.45) is 1.95. The van der Waals surface area contributed by atoms with Crippen molar-refractivity contribution in [3.63, 3.8) is 0 Å². The highest BCUT2D eigenvalue weighted by Crippen LogP contribution is 2.40. The lowest BCUT2D eigenvalue weighted by molar-refractivity contribution is -0.117. The number of likely N-dealkylation sites (tertiary alicyclic amines) is 1. The number of halogens is 1. The van der Waals surface area contributed by atoms with Crippen molar-refractivity contribution >= 4 is 38.7 Å². The van der Waals surface area contributed by atoms with Crippen LogP contribution in [-0.4, -0.2) is 50.6 Å². The van der Waals surface area contributed by atoms with Gasteiger partial charge < -0.3 is 14.4 Å². The summed E-state index contributed by atoms with van der Waals surface area (Å²) in [6, 6.07) is 16.3. The molecule has 0 atom stereocenters. The lowest BCUT2D eigenvalue weighted by atomic mass is 9.89. The van der Waals surface area contributed by atoms with E-state index in [0.29, 0.717) is 30.8 Å². The second kappa shape index (κ2) is 11.2. The number of carbonyl (C=O) groups is 2. The van der Waals surface area contributed by atoms with Crippen molar-refractivity contribution in [3.05, 3.63) is 71.5 Å². The van der Waals surface area contributed by atoms with Crippen LogP contribution < -0.4 is 13.8 Å². The molecule has 5 rings (SSSR count). The van der Waals surface area contributed by atoms with E-state index in [-0.39, 0.29) is 29.5 Å². The Morgan fingerprint density at radius 3 is 2.39 bits per heavy atom. The molecule has 1 N–H and O–H groups in total. The first-order valence-electron chi connectivity index (χ1n) is 13.6. The van der Waals surface area contributed by atoms with E-state index in [0.717, 1.165) is 28.3 Å². The van der Waals surface area contributed by atoms with Crippen LogP contribution in [0.2, 0.25) is 0 Å². The summed E-state index contributed by atoms with van der Waals surface area (Å²) in [5.74, 6) is -1.19. The van der Waals surface area contributed by atoms with Crippen LogP contribution in [0.25, 0.3) is 10.8 Å². The molecule has 41 heavy (non-hydrogen) atoms. The van der Waals surface area contributed by atoms with Gasteiger partial charge in [0.25, 0.3) is 5.91 Å². The maximum absolute atomic E-state index is 16.2. The maximum Gasteiger partial charge on any atom is 0.410 e. The highest BCUT2D eigenvalue weighted by Gasteiger charge is 2.38. The molecule has 0 saturated carbocycles. The SMILES string of the molecule is CC(C)(C)OC(=O)N1CCC(Cc2ccc3cc(OCc4ccccc4)c(N4CC(=O)NS4(=O)=O)c(F)c3c2)CC1. The minimum Gasteiger partial charge on any atom is -0.487 e. The lowest BCUT2D eigenvalue weighted by Gasteiger charge is -2.33. The first-order valence-corrected chi connectivity index (χ1v) is 15.1. The van der Waals surface area contributed by atoms with E-state index in [1.807, 2.05) is 61.9 Å². The van der Waals surface area contributed by atoms with Gasteiger partial charge in [-0.2, -0.15) is 8.42 Å². The van der Waals surface area contributed by atoms with Crippen molar-refractivity contribution in [3.8, 4) is 5.75 Å². The minimum absolute atomic E-state index is 0.0289. The Morgan fingerprint density at radius 1 is 1.05 bits per heavy atom. The molecule has 0 unspecified atom stereocenters. The van der Waals surface area contributed by atoms with Gasteiger partial charge in [0.05, 0.1) is 0 Å². The zero-order valence-electron chi connectivity index (χ0n) is 23.4. The van der Waals surface area contributed by atoms with Crippen LogP contribution in [0, 0.1) is 11.7 Å². The minimum atomic E-state index is -4.27. The average Bonchev–Trinajstić information content (AvgIpc) is 3.19. The molecule has 2 aliphatic rings. The molecule has 3 aromatic carbocycles. The fourth-order valence-corrected chi connectivity index (χ4v) is 6.35. The summed E-state index contributed by atoms with van der Waals surface area (Å²) in [6.45, 7) is 6.25. The number of carbonyl (C=O) groups excluding carboxylic acids is 2. The number of nitrogens with one attached hydrogen (secondary N) is 1. The van der Waals surface area contributed by atoms with Crippen molar-refractivity contribution in [2.45, 2.75) is 52.2 Å². The van der Waals surface area contributed by atoms with Gasteiger partial charge in [-0.25, -0.2) is 18.2 Å². The predicted octanol–water partition coefficient (Wildman–Crippen LogP) is 4.93. The number of ether oxygens (including phenoxy) is 2. The number of hydrogen-bond donors (Lipinski definition) is 1. The molecule has 2 fully saturated rings. The number of anilines is 1. The molecule has 218 valence electrons.